The maximum Gasteiger partial charge on any atom is 0.331 e. The highest BCUT2D eigenvalue weighted by Crippen LogP contribution is 2.20. The lowest BCUT2D eigenvalue weighted by molar-refractivity contribution is -0.132. The third kappa shape index (κ3) is 3.50. The van der Waals surface area contributed by atoms with Crippen LogP contribution >= 0.6 is 0 Å². The monoisotopic (exact) mass is 198 g/mol. The van der Waals surface area contributed by atoms with E-state index in [1.807, 2.05) is 6.92 Å². The SMILES string of the molecule is CCC(=CCOC1CCCC1)C(=O)O. The third-order valence-electron chi connectivity index (χ3n) is 2.62. The highest BCUT2D eigenvalue weighted by molar-refractivity contribution is 5.86. The van der Waals surface area contributed by atoms with E-state index in [9.17, 15) is 4.79 Å². The van der Waals surface area contributed by atoms with Gasteiger partial charge in [-0.3, -0.25) is 0 Å². The van der Waals surface area contributed by atoms with E-state index in [1.54, 1.807) is 6.08 Å². The molecule has 0 bridgehead atoms. The van der Waals surface area contributed by atoms with Gasteiger partial charge in [-0.2, -0.15) is 0 Å². The third-order valence-corrected chi connectivity index (χ3v) is 2.62. The van der Waals surface area contributed by atoms with Gasteiger partial charge < -0.3 is 9.84 Å². The fraction of sp³-hybridized carbons (Fsp3) is 0.727. The molecule has 0 aromatic carbocycles. The molecule has 80 valence electrons. The summed E-state index contributed by atoms with van der Waals surface area (Å²) in [5, 5.41) is 8.74. The van der Waals surface area contributed by atoms with E-state index in [0.717, 1.165) is 12.8 Å². The first-order chi connectivity index (χ1) is 6.74. The zero-order valence-corrected chi connectivity index (χ0v) is 8.66. The number of hydrogen-bond acceptors (Lipinski definition) is 2. The first-order valence-corrected chi connectivity index (χ1v) is 5.28. The van der Waals surface area contributed by atoms with Crippen molar-refractivity contribution in [1.29, 1.82) is 0 Å². The van der Waals surface area contributed by atoms with Crippen LogP contribution < -0.4 is 0 Å². The van der Waals surface area contributed by atoms with E-state index in [0.29, 0.717) is 24.7 Å². The van der Waals surface area contributed by atoms with Gasteiger partial charge in [0.05, 0.1) is 12.7 Å². The summed E-state index contributed by atoms with van der Waals surface area (Å²) in [4.78, 5) is 10.6. The smallest absolute Gasteiger partial charge is 0.331 e. The molecule has 0 radical (unpaired) electrons. The lowest BCUT2D eigenvalue weighted by atomic mass is 10.2. The number of carbonyl (C=O) groups is 1. The first-order valence-electron chi connectivity index (χ1n) is 5.28. The van der Waals surface area contributed by atoms with E-state index in [1.165, 1.54) is 12.8 Å². The number of ether oxygens (including phenoxy) is 1. The minimum Gasteiger partial charge on any atom is -0.478 e. The highest BCUT2D eigenvalue weighted by Gasteiger charge is 2.14. The van der Waals surface area contributed by atoms with Crippen molar-refractivity contribution in [2.24, 2.45) is 0 Å². The maximum absolute atomic E-state index is 10.6. The topological polar surface area (TPSA) is 46.5 Å². The Balaban J connectivity index is 2.26. The molecule has 0 aromatic heterocycles. The zero-order chi connectivity index (χ0) is 10.4. The summed E-state index contributed by atoms with van der Waals surface area (Å²) in [6.07, 6.45) is 7.34. The van der Waals surface area contributed by atoms with Crippen LogP contribution in [-0.4, -0.2) is 23.8 Å². The van der Waals surface area contributed by atoms with Crippen LogP contribution in [0.1, 0.15) is 39.0 Å². The van der Waals surface area contributed by atoms with Crippen LogP contribution in [-0.2, 0) is 9.53 Å². The molecule has 3 nitrogen and oxygen atoms in total. The summed E-state index contributed by atoms with van der Waals surface area (Å²) in [5.74, 6) is -0.831. The molecule has 0 spiro atoms. The predicted octanol–water partition coefficient (Wildman–Crippen LogP) is 2.37. The lowest BCUT2D eigenvalue weighted by Gasteiger charge is -2.08. The molecule has 0 aliphatic heterocycles. The van der Waals surface area contributed by atoms with E-state index < -0.39 is 5.97 Å². The van der Waals surface area contributed by atoms with Gasteiger partial charge in [0, 0.05) is 5.57 Å². The number of carboxylic acid groups (broad SMARTS) is 1. The Morgan fingerprint density at radius 3 is 2.64 bits per heavy atom. The van der Waals surface area contributed by atoms with Crippen molar-refractivity contribution in [2.45, 2.75) is 45.1 Å². The molecular weight excluding hydrogens is 180 g/mol. The molecule has 0 heterocycles. The van der Waals surface area contributed by atoms with Crippen molar-refractivity contribution < 1.29 is 14.6 Å². The highest BCUT2D eigenvalue weighted by atomic mass is 16.5. The Morgan fingerprint density at radius 1 is 1.50 bits per heavy atom. The Morgan fingerprint density at radius 2 is 2.14 bits per heavy atom. The quantitative estimate of drug-likeness (QED) is 0.690. The van der Waals surface area contributed by atoms with Crippen LogP contribution in [0.2, 0.25) is 0 Å². The van der Waals surface area contributed by atoms with E-state index in [2.05, 4.69) is 0 Å². The Labute approximate surface area is 84.8 Å². The van der Waals surface area contributed by atoms with Crippen molar-refractivity contribution in [3.05, 3.63) is 11.6 Å². The van der Waals surface area contributed by atoms with Gasteiger partial charge in [0.15, 0.2) is 0 Å². The van der Waals surface area contributed by atoms with Crippen molar-refractivity contribution in [2.75, 3.05) is 6.61 Å². The summed E-state index contributed by atoms with van der Waals surface area (Å²) >= 11 is 0. The van der Waals surface area contributed by atoms with Gasteiger partial charge in [0.1, 0.15) is 0 Å². The molecule has 0 amide bonds. The molecule has 0 unspecified atom stereocenters. The van der Waals surface area contributed by atoms with Gasteiger partial charge in [-0.15, -0.1) is 0 Å². The molecule has 3 heteroatoms. The van der Waals surface area contributed by atoms with Crippen molar-refractivity contribution >= 4 is 5.97 Å². The molecule has 1 rings (SSSR count). The summed E-state index contributed by atoms with van der Waals surface area (Å²) in [7, 11) is 0. The maximum atomic E-state index is 10.6. The zero-order valence-electron chi connectivity index (χ0n) is 8.66. The van der Waals surface area contributed by atoms with Gasteiger partial charge in [0.25, 0.3) is 0 Å². The molecule has 0 atom stereocenters. The van der Waals surface area contributed by atoms with Crippen LogP contribution in [0.3, 0.4) is 0 Å². The summed E-state index contributed by atoms with van der Waals surface area (Å²) in [6.45, 7) is 2.29. The lowest BCUT2D eigenvalue weighted by Crippen LogP contribution is -2.08. The Kier molecular flexibility index (Phi) is 4.66. The number of carboxylic acids is 1. The van der Waals surface area contributed by atoms with E-state index in [-0.39, 0.29) is 0 Å². The molecular formula is C11H18O3. The number of rotatable bonds is 5. The Hall–Kier alpha value is -0.830. The molecule has 1 fully saturated rings. The van der Waals surface area contributed by atoms with E-state index >= 15 is 0 Å². The van der Waals surface area contributed by atoms with Gasteiger partial charge in [-0.05, 0) is 25.3 Å². The first kappa shape index (κ1) is 11.2. The van der Waals surface area contributed by atoms with Crippen LogP contribution in [0, 0.1) is 0 Å². The van der Waals surface area contributed by atoms with E-state index in [4.69, 9.17) is 9.84 Å². The molecule has 14 heavy (non-hydrogen) atoms. The van der Waals surface area contributed by atoms with Crippen LogP contribution in [0.5, 0.6) is 0 Å². The van der Waals surface area contributed by atoms with Gasteiger partial charge in [-0.25, -0.2) is 4.79 Å². The van der Waals surface area contributed by atoms with Gasteiger partial charge in [0.2, 0.25) is 0 Å². The summed E-state index contributed by atoms with van der Waals surface area (Å²) in [6, 6.07) is 0. The molecule has 1 aliphatic carbocycles. The molecule has 0 aromatic rings. The molecule has 1 N–H and O–H groups in total. The molecule has 1 saturated carbocycles. The van der Waals surface area contributed by atoms with Gasteiger partial charge in [-0.1, -0.05) is 19.8 Å². The van der Waals surface area contributed by atoms with Crippen LogP contribution in [0.15, 0.2) is 11.6 Å². The van der Waals surface area contributed by atoms with Crippen LogP contribution in [0.25, 0.3) is 0 Å². The Bertz CT molecular complexity index is 215. The van der Waals surface area contributed by atoms with Gasteiger partial charge >= 0.3 is 5.97 Å². The second kappa shape index (κ2) is 5.81. The van der Waals surface area contributed by atoms with Crippen molar-refractivity contribution in [3.8, 4) is 0 Å². The normalized spacial score (nSPS) is 18.8. The van der Waals surface area contributed by atoms with Crippen molar-refractivity contribution in [3.63, 3.8) is 0 Å². The second-order valence-electron chi connectivity index (χ2n) is 3.63. The average Bonchev–Trinajstić information content (AvgIpc) is 2.64. The number of aliphatic carboxylic acids is 1. The predicted molar refractivity (Wildman–Crippen MR) is 54.2 cm³/mol. The second-order valence-corrected chi connectivity index (χ2v) is 3.63. The van der Waals surface area contributed by atoms with Crippen molar-refractivity contribution in [1.82, 2.24) is 0 Å². The summed E-state index contributed by atoms with van der Waals surface area (Å²) < 4.78 is 5.55. The standard InChI is InChI=1S/C11H18O3/c1-2-9(11(12)13)7-8-14-10-5-3-4-6-10/h7,10H,2-6,8H2,1H3,(H,12,13). The fourth-order valence-corrected chi connectivity index (χ4v) is 1.72. The average molecular weight is 198 g/mol. The van der Waals surface area contributed by atoms with Crippen LogP contribution in [0.4, 0.5) is 0 Å². The summed E-state index contributed by atoms with van der Waals surface area (Å²) in [5.41, 5.74) is 0.447. The number of hydrogen-bond donors (Lipinski definition) is 1. The minimum absolute atomic E-state index is 0.359. The minimum atomic E-state index is -0.831. The largest absolute Gasteiger partial charge is 0.478 e. The molecule has 0 saturated heterocycles. The fourth-order valence-electron chi connectivity index (χ4n) is 1.72. The molecule has 1 aliphatic rings.